The van der Waals surface area contributed by atoms with E-state index in [1.54, 1.807) is 0 Å². The molecule has 1 heterocycles. The average Bonchev–Trinajstić information content (AvgIpc) is 2.28. The molecule has 3 unspecified atom stereocenters. The molecule has 2 N–H and O–H groups in total. The standard InChI is InChI=1S/C13H24N2O/c1-10-3-2-4-11(7-10)8-14-12-5-6-13(16)15-9-12/h10-12,14H,2-9H2,1H3,(H,15,16). The first-order valence-electron chi connectivity index (χ1n) is 6.74. The van der Waals surface area contributed by atoms with Gasteiger partial charge in [0.2, 0.25) is 5.91 Å². The highest BCUT2D eigenvalue weighted by Gasteiger charge is 2.21. The van der Waals surface area contributed by atoms with Crippen LogP contribution in [0.3, 0.4) is 0 Å². The van der Waals surface area contributed by atoms with Crippen LogP contribution in [0.1, 0.15) is 45.4 Å². The molecule has 1 saturated heterocycles. The van der Waals surface area contributed by atoms with Crippen LogP contribution in [0.25, 0.3) is 0 Å². The number of rotatable bonds is 3. The van der Waals surface area contributed by atoms with Gasteiger partial charge in [-0.15, -0.1) is 0 Å². The van der Waals surface area contributed by atoms with Crippen LogP contribution in [0.15, 0.2) is 0 Å². The minimum Gasteiger partial charge on any atom is -0.355 e. The molecule has 0 aromatic rings. The second kappa shape index (κ2) is 5.67. The third-order valence-electron chi connectivity index (χ3n) is 4.01. The summed E-state index contributed by atoms with van der Waals surface area (Å²) in [7, 11) is 0. The lowest BCUT2D eigenvalue weighted by atomic mass is 9.82. The van der Waals surface area contributed by atoms with Crippen LogP contribution in [0, 0.1) is 11.8 Å². The molecule has 3 heteroatoms. The highest BCUT2D eigenvalue weighted by Crippen LogP contribution is 2.28. The SMILES string of the molecule is CC1CCCC(CNC2CCC(=O)NC2)C1. The molecule has 92 valence electrons. The third kappa shape index (κ3) is 3.48. The molecule has 2 fully saturated rings. The summed E-state index contributed by atoms with van der Waals surface area (Å²) < 4.78 is 0. The molecule has 0 aromatic carbocycles. The van der Waals surface area contributed by atoms with Crippen LogP contribution >= 0.6 is 0 Å². The third-order valence-corrected chi connectivity index (χ3v) is 4.01. The molecule has 16 heavy (non-hydrogen) atoms. The fourth-order valence-electron chi connectivity index (χ4n) is 2.99. The Morgan fingerprint density at radius 2 is 2.25 bits per heavy atom. The van der Waals surface area contributed by atoms with E-state index in [4.69, 9.17) is 0 Å². The lowest BCUT2D eigenvalue weighted by Crippen LogP contribution is -2.47. The van der Waals surface area contributed by atoms with Gasteiger partial charge in [0.1, 0.15) is 0 Å². The normalized spacial score (nSPS) is 35.8. The predicted molar refractivity (Wildman–Crippen MR) is 65.2 cm³/mol. The van der Waals surface area contributed by atoms with Gasteiger partial charge in [-0.05, 0) is 37.6 Å². The summed E-state index contributed by atoms with van der Waals surface area (Å²) in [6, 6.07) is 0.509. The van der Waals surface area contributed by atoms with Gasteiger partial charge in [-0.1, -0.05) is 19.8 Å². The number of piperidine rings is 1. The quantitative estimate of drug-likeness (QED) is 0.766. The number of carbonyl (C=O) groups is 1. The monoisotopic (exact) mass is 224 g/mol. The van der Waals surface area contributed by atoms with Crippen molar-refractivity contribution in [3.8, 4) is 0 Å². The first kappa shape index (κ1) is 11.9. The molecule has 3 nitrogen and oxygen atoms in total. The number of hydrogen-bond acceptors (Lipinski definition) is 2. The van der Waals surface area contributed by atoms with Crippen molar-refractivity contribution < 1.29 is 4.79 Å². The summed E-state index contributed by atoms with van der Waals surface area (Å²) in [5.41, 5.74) is 0. The summed E-state index contributed by atoms with van der Waals surface area (Å²) >= 11 is 0. The van der Waals surface area contributed by atoms with Crippen LogP contribution in [0.4, 0.5) is 0 Å². The number of hydrogen-bond donors (Lipinski definition) is 2. The van der Waals surface area contributed by atoms with Gasteiger partial charge < -0.3 is 10.6 Å². The second-order valence-electron chi connectivity index (χ2n) is 5.59. The van der Waals surface area contributed by atoms with Gasteiger partial charge >= 0.3 is 0 Å². The van der Waals surface area contributed by atoms with E-state index in [1.165, 1.54) is 25.7 Å². The Morgan fingerprint density at radius 1 is 1.38 bits per heavy atom. The van der Waals surface area contributed by atoms with E-state index in [0.29, 0.717) is 12.5 Å². The van der Waals surface area contributed by atoms with Crippen LogP contribution < -0.4 is 10.6 Å². The van der Waals surface area contributed by atoms with Crippen LogP contribution in [0.2, 0.25) is 0 Å². The first-order valence-corrected chi connectivity index (χ1v) is 6.74. The van der Waals surface area contributed by atoms with Gasteiger partial charge in [-0.3, -0.25) is 4.79 Å². The summed E-state index contributed by atoms with van der Waals surface area (Å²) in [6.07, 6.45) is 7.28. The Labute approximate surface area is 98.4 Å². The van der Waals surface area contributed by atoms with Crippen molar-refractivity contribution in [3.63, 3.8) is 0 Å². The maximum atomic E-state index is 11.0. The van der Waals surface area contributed by atoms with E-state index in [2.05, 4.69) is 17.6 Å². The van der Waals surface area contributed by atoms with Crippen molar-refractivity contribution in [3.05, 3.63) is 0 Å². The van der Waals surface area contributed by atoms with E-state index in [1.807, 2.05) is 0 Å². The zero-order chi connectivity index (χ0) is 11.4. The van der Waals surface area contributed by atoms with E-state index < -0.39 is 0 Å². The van der Waals surface area contributed by atoms with Crippen molar-refractivity contribution >= 4 is 5.91 Å². The molecular formula is C13H24N2O. The second-order valence-corrected chi connectivity index (χ2v) is 5.59. The summed E-state index contributed by atoms with van der Waals surface area (Å²) in [5, 5.41) is 6.54. The molecule has 1 saturated carbocycles. The molecule has 0 bridgehead atoms. The van der Waals surface area contributed by atoms with Crippen molar-refractivity contribution in [2.24, 2.45) is 11.8 Å². The molecule has 0 radical (unpaired) electrons. The van der Waals surface area contributed by atoms with E-state index in [0.717, 1.165) is 31.3 Å². The Kier molecular flexibility index (Phi) is 4.22. The number of amides is 1. The maximum Gasteiger partial charge on any atom is 0.220 e. The lowest BCUT2D eigenvalue weighted by Gasteiger charge is -2.30. The van der Waals surface area contributed by atoms with Gasteiger partial charge in [-0.25, -0.2) is 0 Å². The Hall–Kier alpha value is -0.570. The summed E-state index contributed by atoms with van der Waals surface area (Å²) in [5.74, 6) is 1.98. The molecule has 3 atom stereocenters. The zero-order valence-corrected chi connectivity index (χ0v) is 10.3. The fraction of sp³-hybridized carbons (Fsp3) is 0.923. The zero-order valence-electron chi connectivity index (χ0n) is 10.3. The highest BCUT2D eigenvalue weighted by atomic mass is 16.1. The first-order chi connectivity index (χ1) is 7.74. The average molecular weight is 224 g/mol. The predicted octanol–water partition coefficient (Wildman–Crippen LogP) is 1.68. The van der Waals surface area contributed by atoms with E-state index in [-0.39, 0.29) is 5.91 Å². The van der Waals surface area contributed by atoms with E-state index >= 15 is 0 Å². The number of nitrogens with one attached hydrogen (secondary N) is 2. The summed E-state index contributed by atoms with van der Waals surface area (Å²) in [4.78, 5) is 11.0. The highest BCUT2D eigenvalue weighted by molar-refractivity contribution is 5.76. The Balaban J connectivity index is 1.65. The van der Waals surface area contributed by atoms with Crippen LogP contribution in [-0.4, -0.2) is 25.0 Å². The van der Waals surface area contributed by atoms with Crippen molar-refractivity contribution in [1.82, 2.24) is 10.6 Å². The Morgan fingerprint density at radius 3 is 2.94 bits per heavy atom. The van der Waals surface area contributed by atoms with Gasteiger partial charge in [-0.2, -0.15) is 0 Å². The smallest absolute Gasteiger partial charge is 0.220 e. The van der Waals surface area contributed by atoms with Crippen LogP contribution in [0.5, 0.6) is 0 Å². The molecule has 2 aliphatic rings. The molecule has 1 amide bonds. The minimum absolute atomic E-state index is 0.212. The maximum absolute atomic E-state index is 11.0. The largest absolute Gasteiger partial charge is 0.355 e. The molecular weight excluding hydrogens is 200 g/mol. The van der Waals surface area contributed by atoms with E-state index in [9.17, 15) is 4.79 Å². The molecule has 0 aromatic heterocycles. The van der Waals surface area contributed by atoms with Gasteiger partial charge in [0.25, 0.3) is 0 Å². The van der Waals surface area contributed by atoms with Crippen molar-refractivity contribution in [2.45, 2.75) is 51.5 Å². The fourth-order valence-corrected chi connectivity index (χ4v) is 2.99. The van der Waals surface area contributed by atoms with Crippen LogP contribution in [-0.2, 0) is 4.79 Å². The topological polar surface area (TPSA) is 41.1 Å². The minimum atomic E-state index is 0.212. The molecule has 0 spiro atoms. The van der Waals surface area contributed by atoms with Crippen molar-refractivity contribution in [2.75, 3.05) is 13.1 Å². The van der Waals surface area contributed by atoms with Crippen molar-refractivity contribution in [1.29, 1.82) is 0 Å². The molecule has 1 aliphatic heterocycles. The van der Waals surface area contributed by atoms with Gasteiger partial charge in [0.15, 0.2) is 0 Å². The molecule has 1 aliphatic carbocycles. The lowest BCUT2D eigenvalue weighted by molar-refractivity contribution is -0.122. The van der Waals surface area contributed by atoms with Gasteiger partial charge in [0, 0.05) is 19.0 Å². The summed E-state index contributed by atoms with van der Waals surface area (Å²) in [6.45, 7) is 4.33. The van der Waals surface area contributed by atoms with Gasteiger partial charge in [0.05, 0.1) is 0 Å². The number of carbonyl (C=O) groups excluding carboxylic acids is 1. The Bertz CT molecular complexity index is 232. The molecule has 2 rings (SSSR count).